The van der Waals surface area contributed by atoms with Crippen molar-refractivity contribution in [1.82, 2.24) is 4.90 Å². The minimum absolute atomic E-state index is 0. The summed E-state index contributed by atoms with van der Waals surface area (Å²) in [5.74, 6) is 0. The highest BCUT2D eigenvalue weighted by Crippen LogP contribution is 2.55. The first-order valence-electron chi connectivity index (χ1n) is 17.4. The third-order valence-corrected chi connectivity index (χ3v) is 8.63. The lowest BCUT2D eigenvalue weighted by Gasteiger charge is -2.44. The van der Waals surface area contributed by atoms with E-state index < -0.39 is 0 Å². The van der Waals surface area contributed by atoms with Crippen LogP contribution in [0.15, 0.2) is 48.5 Å². The van der Waals surface area contributed by atoms with E-state index in [0.29, 0.717) is 132 Å². The van der Waals surface area contributed by atoms with E-state index in [2.05, 4.69) is 60.4 Å². The van der Waals surface area contributed by atoms with Gasteiger partial charge < -0.3 is 47.4 Å². The SMILES string of the molecule is COCCOCCOCCOCCOCCOCCOCCOCCOCCOCCN1[C@@H]2Cc3ccccc3[C@@]1(C)c1ccccc12.Cl. The number of rotatable bonds is 30. The summed E-state index contributed by atoms with van der Waals surface area (Å²) in [5.41, 5.74) is 5.64. The molecule has 0 spiro atoms. The molecule has 0 saturated carbocycles. The van der Waals surface area contributed by atoms with Crippen molar-refractivity contribution in [3.05, 3.63) is 70.8 Å². The summed E-state index contributed by atoms with van der Waals surface area (Å²) < 4.78 is 54.9. The normalized spacial score (nSPS) is 18.0. The van der Waals surface area contributed by atoms with Gasteiger partial charge in [0, 0.05) is 19.7 Å². The molecule has 2 bridgehead atoms. The molecule has 0 aliphatic carbocycles. The molecule has 0 fully saturated rings. The summed E-state index contributed by atoms with van der Waals surface area (Å²) in [6.45, 7) is 13.7. The molecule has 0 unspecified atom stereocenters. The van der Waals surface area contributed by atoms with E-state index in [1.54, 1.807) is 7.11 Å². The van der Waals surface area contributed by atoms with E-state index >= 15 is 0 Å². The molecule has 278 valence electrons. The van der Waals surface area contributed by atoms with Gasteiger partial charge in [-0.15, -0.1) is 12.4 Å². The van der Waals surface area contributed by atoms with Crippen molar-refractivity contribution in [3.8, 4) is 0 Å². The Morgan fingerprint density at radius 3 is 1.33 bits per heavy atom. The average Bonchev–Trinajstić information content (AvgIpc) is 3.28. The first kappa shape index (κ1) is 41.7. The van der Waals surface area contributed by atoms with Gasteiger partial charge in [0.25, 0.3) is 0 Å². The summed E-state index contributed by atoms with van der Waals surface area (Å²) in [6.07, 6.45) is 1.04. The predicted molar refractivity (Wildman–Crippen MR) is 189 cm³/mol. The molecule has 49 heavy (non-hydrogen) atoms. The molecular weight excluding hydrogens is 654 g/mol. The van der Waals surface area contributed by atoms with Crippen LogP contribution in [0.1, 0.15) is 35.2 Å². The molecule has 0 radical (unpaired) electrons. The van der Waals surface area contributed by atoms with Gasteiger partial charge in [0.15, 0.2) is 0 Å². The van der Waals surface area contributed by atoms with Crippen LogP contribution >= 0.6 is 12.4 Å². The van der Waals surface area contributed by atoms with Crippen LogP contribution in [0.4, 0.5) is 0 Å². The topological polar surface area (TPSA) is 95.5 Å². The Balaban J connectivity index is 0.00000650. The molecule has 0 aromatic heterocycles. The monoisotopic (exact) mass is 711 g/mol. The van der Waals surface area contributed by atoms with Gasteiger partial charge in [0.05, 0.1) is 131 Å². The smallest absolute Gasteiger partial charge is 0.0701 e. The molecule has 2 aromatic carbocycles. The summed E-state index contributed by atoms with van der Waals surface area (Å²) in [4.78, 5) is 2.63. The number of ether oxygens (including phenoxy) is 10. The Bertz CT molecular complexity index is 1120. The van der Waals surface area contributed by atoms with Crippen molar-refractivity contribution in [3.63, 3.8) is 0 Å². The van der Waals surface area contributed by atoms with E-state index in [9.17, 15) is 0 Å². The van der Waals surface area contributed by atoms with Gasteiger partial charge in [-0.1, -0.05) is 48.5 Å². The van der Waals surface area contributed by atoms with Crippen molar-refractivity contribution in [1.29, 1.82) is 0 Å². The second kappa shape index (κ2) is 25.3. The van der Waals surface area contributed by atoms with Crippen molar-refractivity contribution < 1.29 is 47.4 Å². The van der Waals surface area contributed by atoms with E-state index in [0.717, 1.165) is 13.0 Å². The fourth-order valence-electron chi connectivity index (χ4n) is 6.31. The maximum atomic E-state index is 5.98. The molecule has 2 heterocycles. The Morgan fingerprint density at radius 2 is 0.878 bits per heavy atom. The molecule has 0 N–H and O–H groups in total. The Kier molecular flexibility index (Phi) is 21.5. The molecule has 2 atom stereocenters. The van der Waals surface area contributed by atoms with Crippen LogP contribution in [0.2, 0.25) is 0 Å². The van der Waals surface area contributed by atoms with Crippen LogP contribution in [-0.2, 0) is 59.3 Å². The van der Waals surface area contributed by atoms with Crippen LogP contribution in [0.25, 0.3) is 0 Å². The number of hydrogen-bond acceptors (Lipinski definition) is 11. The minimum Gasteiger partial charge on any atom is -0.382 e. The first-order valence-corrected chi connectivity index (χ1v) is 17.4. The highest BCUT2D eigenvalue weighted by atomic mass is 35.5. The van der Waals surface area contributed by atoms with Crippen LogP contribution in [0, 0.1) is 0 Å². The molecule has 0 amide bonds. The second-order valence-electron chi connectivity index (χ2n) is 11.7. The van der Waals surface area contributed by atoms with Crippen molar-refractivity contribution in [2.24, 2.45) is 0 Å². The third kappa shape index (κ3) is 13.7. The number of hydrogen-bond donors (Lipinski definition) is 0. The Hall–Kier alpha value is -1.71. The maximum absolute atomic E-state index is 5.98. The largest absolute Gasteiger partial charge is 0.382 e. The number of methoxy groups -OCH3 is 1. The fourth-order valence-corrected chi connectivity index (χ4v) is 6.31. The minimum atomic E-state index is -0.118. The summed E-state index contributed by atoms with van der Waals surface area (Å²) in [7, 11) is 1.65. The lowest BCUT2D eigenvalue weighted by atomic mass is 9.80. The zero-order valence-electron chi connectivity index (χ0n) is 29.5. The van der Waals surface area contributed by atoms with Crippen molar-refractivity contribution >= 4 is 12.4 Å². The van der Waals surface area contributed by atoms with E-state index in [4.69, 9.17) is 47.4 Å². The zero-order chi connectivity index (χ0) is 33.5. The molecule has 4 rings (SSSR count). The van der Waals surface area contributed by atoms with Crippen molar-refractivity contribution in [2.45, 2.75) is 24.9 Å². The summed E-state index contributed by atoms with van der Waals surface area (Å²) in [6, 6.07) is 18.2. The predicted octanol–water partition coefficient (Wildman–Crippen LogP) is 4.08. The van der Waals surface area contributed by atoms with Crippen LogP contribution in [0.3, 0.4) is 0 Å². The summed E-state index contributed by atoms with van der Waals surface area (Å²) >= 11 is 0. The summed E-state index contributed by atoms with van der Waals surface area (Å²) in [5, 5.41) is 0. The average molecular weight is 712 g/mol. The van der Waals surface area contributed by atoms with Gasteiger partial charge in [0.1, 0.15) is 0 Å². The van der Waals surface area contributed by atoms with Crippen LogP contribution in [-0.4, -0.2) is 144 Å². The standard InChI is InChI=1S/C37H57NO10.ClH/c1-37-34-9-5-3-7-32(34)31-36(33-8-4-6-10-35(33)37)38(37)11-12-40-15-16-42-19-20-44-23-24-46-27-28-48-30-29-47-26-25-45-22-21-43-18-17-41-14-13-39-2;/h3-10,36H,11-31H2,1-2H3;1H/t36-,37+;/m1./s1. The Labute approximate surface area is 299 Å². The number of nitrogens with zero attached hydrogens (tertiary/aromatic N) is 1. The van der Waals surface area contributed by atoms with Crippen molar-refractivity contribution in [2.75, 3.05) is 139 Å². The lowest BCUT2D eigenvalue weighted by molar-refractivity contribution is -0.0268. The third-order valence-electron chi connectivity index (χ3n) is 8.63. The zero-order valence-corrected chi connectivity index (χ0v) is 30.3. The molecule has 12 heteroatoms. The quantitative estimate of drug-likeness (QED) is 0.110. The lowest BCUT2D eigenvalue weighted by Crippen LogP contribution is -2.47. The van der Waals surface area contributed by atoms with Gasteiger partial charge in [-0.2, -0.15) is 0 Å². The second-order valence-corrected chi connectivity index (χ2v) is 11.7. The number of fused-ring (bicyclic) bond motifs is 7. The molecule has 0 saturated heterocycles. The van der Waals surface area contributed by atoms with E-state index in [1.165, 1.54) is 22.3 Å². The van der Waals surface area contributed by atoms with Gasteiger partial charge in [-0.3, -0.25) is 4.90 Å². The number of halogens is 1. The van der Waals surface area contributed by atoms with Gasteiger partial charge in [0.2, 0.25) is 0 Å². The molecule has 2 aliphatic heterocycles. The van der Waals surface area contributed by atoms with Gasteiger partial charge in [-0.25, -0.2) is 0 Å². The highest BCUT2D eigenvalue weighted by molar-refractivity contribution is 5.85. The molecule has 2 aromatic rings. The van der Waals surface area contributed by atoms with Gasteiger partial charge >= 0.3 is 0 Å². The fraction of sp³-hybridized carbons (Fsp3) is 0.676. The number of benzene rings is 2. The van der Waals surface area contributed by atoms with E-state index in [-0.39, 0.29) is 17.9 Å². The maximum Gasteiger partial charge on any atom is 0.0701 e. The van der Waals surface area contributed by atoms with E-state index in [1.807, 2.05) is 0 Å². The molecular formula is C37H58ClNO10. The van der Waals surface area contributed by atoms with Gasteiger partial charge in [-0.05, 0) is 35.6 Å². The Morgan fingerprint density at radius 1 is 0.510 bits per heavy atom. The first-order chi connectivity index (χ1) is 23.8. The van der Waals surface area contributed by atoms with Crippen LogP contribution in [0.5, 0.6) is 0 Å². The van der Waals surface area contributed by atoms with Crippen LogP contribution < -0.4 is 0 Å². The highest BCUT2D eigenvalue weighted by Gasteiger charge is 2.51. The molecule has 11 nitrogen and oxygen atoms in total. The molecule has 2 aliphatic rings.